The highest BCUT2D eigenvalue weighted by atomic mass is 79.9. The van der Waals surface area contributed by atoms with Crippen molar-refractivity contribution in [2.75, 3.05) is 13.7 Å². The first-order chi connectivity index (χ1) is 6.27. The highest BCUT2D eigenvalue weighted by Crippen LogP contribution is 2.22. The molecule has 1 atom stereocenters. The molecule has 0 aliphatic heterocycles. The van der Waals surface area contributed by atoms with E-state index in [9.17, 15) is 0 Å². The van der Waals surface area contributed by atoms with E-state index in [4.69, 9.17) is 4.74 Å². The van der Waals surface area contributed by atoms with Gasteiger partial charge in [-0.3, -0.25) is 0 Å². The minimum absolute atomic E-state index is 0.516. The third-order valence-electron chi connectivity index (χ3n) is 2.18. The van der Waals surface area contributed by atoms with E-state index in [2.05, 4.69) is 41.1 Å². The van der Waals surface area contributed by atoms with E-state index in [1.54, 1.807) is 7.11 Å². The topological polar surface area (TPSA) is 9.23 Å². The van der Waals surface area contributed by atoms with Crippen molar-refractivity contribution >= 4 is 15.9 Å². The summed E-state index contributed by atoms with van der Waals surface area (Å²) in [7, 11) is 1.75. The molecule has 2 heteroatoms. The zero-order valence-corrected chi connectivity index (χ0v) is 9.67. The third kappa shape index (κ3) is 3.12. The van der Waals surface area contributed by atoms with Crippen LogP contribution in [0.3, 0.4) is 0 Å². The maximum atomic E-state index is 5.17. The summed E-state index contributed by atoms with van der Waals surface area (Å²) in [5, 5.41) is 0. The van der Waals surface area contributed by atoms with Crippen LogP contribution in [-0.4, -0.2) is 13.7 Å². The fourth-order valence-electron chi connectivity index (χ4n) is 1.41. The van der Waals surface area contributed by atoms with E-state index in [1.165, 1.54) is 5.56 Å². The number of ether oxygens (including phenoxy) is 1. The third-order valence-corrected chi connectivity index (χ3v) is 2.67. The zero-order chi connectivity index (χ0) is 9.68. The number of rotatable bonds is 4. The van der Waals surface area contributed by atoms with E-state index in [0.717, 1.165) is 17.5 Å². The van der Waals surface area contributed by atoms with Crippen LogP contribution in [0, 0.1) is 0 Å². The molecule has 0 bridgehead atoms. The first kappa shape index (κ1) is 10.7. The van der Waals surface area contributed by atoms with Gasteiger partial charge in [0.25, 0.3) is 0 Å². The van der Waals surface area contributed by atoms with Gasteiger partial charge in [-0.15, -0.1) is 0 Å². The van der Waals surface area contributed by atoms with Crippen LogP contribution in [0.4, 0.5) is 0 Å². The molecule has 1 aromatic carbocycles. The largest absolute Gasteiger partial charge is 0.384 e. The van der Waals surface area contributed by atoms with Crippen LogP contribution < -0.4 is 0 Å². The molecule has 13 heavy (non-hydrogen) atoms. The number of benzene rings is 1. The van der Waals surface area contributed by atoms with Crippen LogP contribution in [0.5, 0.6) is 0 Å². The van der Waals surface area contributed by atoms with Gasteiger partial charge in [-0.05, 0) is 24.1 Å². The first-order valence-corrected chi connectivity index (χ1v) is 5.31. The van der Waals surface area contributed by atoms with Gasteiger partial charge >= 0.3 is 0 Å². The summed E-state index contributed by atoms with van der Waals surface area (Å²) >= 11 is 3.47. The van der Waals surface area contributed by atoms with Gasteiger partial charge in [0.2, 0.25) is 0 Å². The smallest absolute Gasteiger partial charge is 0.0530 e. The lowest BCUT2D eigenvalue weighted by molar-refractivity contribution is 0.177. The summed E-state index contributed by atoms with van der Waals surface area (Å²) in [5.41, 5.74) is 1.35. The molecular weight excluding hydrogens is 228 g/mol. The van der Waals surface area contributed by atoms with Crippen LogP contribution in [-0.2, 0) is 4.74 Å². The molecule has 1 rings (SSSR count). The zero-order valence-electron chi connectivity index (χ0n) is 8.09. The first-order valence-electron chi connectivity index (χ1n) is 4.52. The predicted molar refractivity (Wildman–Crippen MR) is 59.1 cm³/mol. The molecule has 0 heterocycles. The Hall–Kier alpha value is -0.340. The molecule has 72 valence electrons. The van der Waals surface area contributed by atoms with Crippen molar-refractivity contribution in [1.82, 2.24) is 0 Å². The van der Waals surface area contributed by atoms with E-state index >= 15 is 0 Å². The molecule has 0 aliphatic carbocycles. The fourth-order valence-corrected chi connectivity index (χ4v) is 1.83. The van der Waals surface area contributed by atoms with Crippen molar-refractivity contribution in [3.8, 4) is 0 Å². The standard InChI is InChI=1S/C11H15BrO/c1-3-9(8-13-2)10-5-4-6-11(12)7-10/h4-7,9H,3,8H2,1-2H3. The Labute approximate surface area is 88.2 Å². The van der Waals surface area contributed by atoms with Gasteiger partial charge in [0.1, 0.15) is 0 Å². The van der Waals surface area contributed by atoms with Gasteiger partial charge in [0, 0.05) is 17.5 Å². The average molecular weight is 243 g/mol. The normalized spacial score (nSPS) is 12.8. The van der Waals surface area contributed by atoms with Crippen molar-refractivity contribution in [2.45, 2.75) is 19.3 Å². The van der Waals surface area contributed by atoms with E-state index in [0.29, 0.717) is 5.92 Å². The Morgan fingerprint density at radius 1 is 1.46 bits per heavy atom. The molecular formula is C11H15BrO. The summed E-state index contributed by atoms with van der Waals surface area (Å²) in [6, 6.07) is 8.42. The average Bonchev–Trinajstić information content (AvgIpc) is 2.14. The Balaban J connectivity index is 2.78. The molecule has 1 unspecified atom stereocenters. The molecule has 1 nitrogen and oxygen atoms in total. The van der Waals surface area contributed by atoms with Gasteiger partial charge in [0.05, 0.1) is 6.61 Å². The lowest BCUT2D eigenvalue weighted by Crippen LogP contribution is -2.04. The summed E-state index contributed by atoms with van der Waals surface area (Å²) in [6.45, 7) is 2.98. The molecule has 0 radical (unpaired) electrons. The SMILES string of the molecule is CCC(COC)c1cccc(Br)c1. The van der Waals surface area contributed by atoms with Crippen molar-refractivity contribution in [2.24, 2.45) is 0 Å². The van der Waals surface area contributed by atoms with Crippen LogP contribution in [0.15, 0.2) is 28.7 Å². The van der Waals surface area contributed by atoms with E-state index in [-0.39, 0.29) is 0 Å². The summed E-state index contributed by atoms with van der Waals surface area (Å²) in [4.78, 5) is 0. The number of hydrogen-bond acceptors (Lipinski definition) is 1. The Kier molecular flexibility index (Phi) is 4.46. The number of hydrogen-bond donors (Lipinski definition) is 0. The van der Waals surface area contributed by atoms with Crippen molar-refractivity contribution in [1.29, 1.82) is 0 Å². The van der Waals surface area contributed by atoms with Gasteiger partial charge in [0.15, 0.2) is 0 Å². The van der Waals surface area contributed by atoms with E-state index in [1.807, 2.05) is 6.07 Å². The molecule has 0 fully saturated rings. The number of halogens is 1. The van der Waals surface area contributed by atoms with Gasteiger partial charge < -0.3 is 4.74 Å². The summed E-state index contributed by atoms with van der Waals surface area (Å²) in [5.74, 6) is 0.516. The monoisotopic (exact) mass is 242 g/mol. The van der Waals surface area contributed by atoms with Gasteiger partial charge in [-0.1, -0.05) is 35.0 Å². The minimum Gasteiger partial charge on any atom is -0.384 e. The van der Waals surface area contributed by atoms with E-state index < -0.39 is 0 Å². The van der Waals surface area contributed by atoms with Crippen LogP contribution >= 0.6 is 15.9 Å². The molecule has 0 aliphatic rings. The quantitative estimate of drug-likeness (QED) is 0.785. The summed E-state index contributed by atoms with van der Waals surface area (Å²) in [6.07, 6.45) is 1.12. The van der Waals surface area contributed by atoms with Crippen molar-refractivity contribution in [3.63, 3.8) is 0 Å². The lowest BCUT2D eigenvalue weighted by Gasteiger charge is -2.14. The summed E-state index contributed by atoms with van der Waals surface area (Å²) < 4.78 is 6.31. The molecule has 0 saturated heterocycles. The van der Waals surface area contributed by atoms with Crippen molar-refractivity contribution < 1.29 is 4.74 Å². The van der Waals surface area contributed by atoms with Crippen LogP contribution in [0.25, 0.3) is 0 Å². The van der Waals surface area contributed by atoms with Gasteiger partial charge in [-0.25, -0.2) is 0 Å². The second kappa shape index (κ2) is 5.40. The maximum absolute atomic E-state index is 5.17. The Morgan fingerprint density at radius 2 is 2.23 bits per heavy atom. The second-order valence-corrected chi connectivity index (χ2v) is 4.03. The molecule has 0 spiro atoms. The second-order valence-electron chi connectivity index (χ2n) is 3.12. The molecule has 0 saturated carbocycles. The Bertz CT molecular complexity index is 260. The van der Waals surface area contributed by atoms with Crippen LogP contribution in [0.1, 0.15) is 24.8 Å². The lowest BCUT2D eigenvalue weighted by atomic mass is 9.98. The molecule has 0 aromatic heterocycles. The van der Waals surface area contributed by atoms with Gasteiger partial charge in [-0.2, -0.15) is 0 Å². The predicted octanol–water partition coefficient (Wildman–Crippen LogP) is 3.59. The minimum atomic E-state index is 0.516. The number of methoxy groups -OCH3 is 1. The molecule has 1 aromatic rings. The fraction of sp³-hybridized carbons (Fsp3) is 0.455. The highest BCUT2D eigenvalue weighted by Gasteiger charge is 2.08. The van der Waals surface area contributed by atoms with Crippen LogP contribution in [0.2, 0.25) is 0 Å². The highest BCUT2D eigenvalue weighted by molar-refractivity contribution is 9.10. The Morgan fingerprint density at radius 3 is 2.77 bits per heavy atom. The molecule has 0 N–H and O–H groups in total. The molecule has 0 amide bonds. The maximum Gasteiger partial charge on any atom is 0.0530 e. The van der Waals surface area contributed by atoms with Crippen molar-refractivity contribution in [3.05, 3.63) is 34.3 Å².